The topological polar surface area (TPSA) is 69.9 Å². The highest BCUT2D eigenvalue weighted by molar-refractivity contribution is 7.99. The molecule has 0 fully saturated rings. The van der Waals surface area contributed by atoms with E-state index in [0.717, 1.165) is 29.4 Å². The van der Waals surface area contributed by atoms with Crippen LogP contribution in [0.15, 0.2) is 17.4 Å². The highest BCUT2D eigenvalue weighted by Gasteiger charge is 2.21. The van der Waals surface area contributed by atoms with E-state index < -0.39 is 0 Å². The molecule has 0 amide bonds. The predicted octanol–water partition coefficient (Wildman–Crippen LogP) is 1.72. The molecule has 1 aliphatic carbocycles. The quantitative estimate of drug-likeness (QED) is 0.487. The summed E-state index contributed by atoms with van der Waals surface area (Å²) < 4.78 is 6.53. The van der Waals surface area contributed by atoms with Crippen LogP contribution in [0.1, 0.15) is 23.4 Å². The number of thioether (sulfide) groups is 1. The first-order valence-corrected chi connectivity index (χ1v) is 7.77. The molecule has 0 radical (unpaired) electrons. The number of carbonyl (C=O) groups excluding carboxylic acids is 1. The van der Waals surface area contributed by atoms with E-state index in [4.69, 9.17) is 0 Å². The number of nitrogens with zero attached hydrogens (tertiary/aromatic N) is 4. The Hall–Kier alpha value is -1.89. The van der Waals surface area contributed by atoms with Gasteiger partial charge in [0.05, 0.1) is 18.6 Å². The summed E-state index contributed by atoms with van der Waals surface area (Å²) in [5.74, 6) is 0.725. The molecule has 0 saturated carbocycles. The fourth-order valence-electron chi connectivity index (χ4n) is 2.53. The van der Waals surface area contributed by atoms with E-state index in [-0.39, 0.29) is 11.7 Å². The Morgan fingerprint density at radius 3 is 3.10 bits per heavy atom. The maximum Gasteiger partial charge on any atom is 0.316 e. The van der Waals surface area contributed by atoms with Crippen molar-refractivity contribution in [1.29, 1.82) is 0 Å². The SMILES string of the molecule is COC(=O)CSc1cc(-n2nc(C)c3c2CCC3)ncn1. The number of aromatic nitrogens is 4. The monoisotopic (exact) mass is 304 g/mol. The van der Waals surface area contributed by atoms with Gasteiger partial charge in [-0.1, -0.05) is 11.8 Å². The second kappa shape index (κ2) is 5.85. The number of hydrogen-bond donors (Lipinski definition) is 0. The predicted molar refractivity (Wildman–Crippen MR) is 78.7 cm³/mol. The van der Waals surface area contributed by atoms with E-state index in [1.165, 1.54) is 42.9 Å². The first kappa shape index (κ1) is 14.1. The van der Waals surface area contributed by atoms with Gasteiger partial charge in [0.1, 0.15) is 11.4 Å². The minimum Gasteiger partial charge on any atom is -0.468 e. The van der Waals surface area contributed by atoms with Gasteiger partial charge in [-0.3, -0.25) is 4.79 Å². The summed E-state index contributed by atoms with van der Waals surface area (Å²) in [6, 6.07) is 1.86. The van der Waals surface area contributed by atoms with E-state index in [1.54, 1.807) is 0 Å². The Kier molecular flexibility index (Phi) is 3.92. The second-order valence-corrected chi connectivity index (χ2v) is 5.85. The molecule has 2 aromatic rings. The first-order valence-electron chi connectivity index (χ1n) is 6.78. The summed E-state index contributed by atoms with van der Waals surface area (Å²) in [5.41, 5.74) is 3.66. The number of aryl methyl sites for hydroxylation is 1. The summed E-state index contributed by atoms with van der Waals surface area (Å²) in [7, 11) is 1.38. The maximum absolute atomic E-state index is 11.2. The van der Waals surface area contributed by atoms with Crippen LogP contribution in [0.3, 0.4) is 0 Å². The number of carbonyl (C=O) groups is 1. The molecule has 0 saturated heterocycles. The zero-order chi connectivity index (χ0) is 14.8. The van der Waals surface area contributed by atoms with Crippen molar-refractivity contribution in [3.63, 3.8) is 0 Å². The molecule has 7 heteroatoms. The summed E-state index contributed by atoms with van der Waals surface area (Å²) in [5, 5.41) is 5.32. The van der Waals surface area contributed by atoms with Gasteiger partial charge >= 0.3 is 5.97 Å². The highest BCUT2D eigenvalue weighted by atomic mass is 32.2. The molecule has 0 aliphatic heterocycles. The van der Waals surface area contributed by atoms with Gasteiger partial charge in [0.15, 0.2) is 5.82 Å². The molecule has 21 heavy (non-hydrogen) atoms. The van der Waals surface area contributed by atoms with Gasteiger partial charge in [0.25, 0.3) is 0 Å². The Labute approximate surface area is 126 Å². The molecule has 110 valence electrons. The van der Waals surface area contributed by atoms with E-state index in [2.05, 4.69) is 19.8 Å². The zero-order valence-electron chi connectivity index (χ0n) is 12.0. The fraction of sp³-hybridized carbons (Fsp3) is 0.429. The van der Waals surface area contributed by atoms with Gasteiger partial charge in [-0.05, 0) is 31.7 Å². The minimum absolute atomic E-state index is 0.239. The number of hydrogen-bond acceptors (Lipinski definition) is 6. The van der Waals surface area contributed by atoms with Crippen LogP contribution in [0.4, 0.5) is 0 Å². The van der Waals surface area contributed by atoms with Crippen molar-refractivity contribution in [2.75, 3.05) is 12.9 Å². The third kappa shape index (κ3) is 2.78. The first-order chi connectivity index (χ1) is 10.2. The van der Waals surface area contributed by atoms with Crippen LogP contribution in [-0.2, 0) is 22.4 Å². The summed E-state index contributed by atoms with van der Waals surface area (Å²) in [6.07, 6.45) is 4.80. The number of fused-ring (bicyclic) bond motifs is 1. The Morgan fingerprint density at radius 2 is 2.29 bits per heavy atom. The van der Waals surface area contributed by atoms with Gasteiger partial charge in [-0.2, -0.15) is 5.10 Å². The second-order valence-electron chi connectivity index (χ2n) is 4.86. The normalized spacial score (nSPS) is 13.2. The molecule has 0 unspecified atom stereocenters. The van der Waals surface area contributed by atoms with Crippen LogP contribution in [0.2, 0.25) is 0 Å². The Balaban J connectivity index is 1.86. The molecular formula is C14H16N4O2S. The number of methoxy groups -OCH3 is 1. The molecule has 0 N–H and O–H groups in total. The van der Waals surface area contributed by atoms with Gasteiger partial charge in [0, 0.05) is 11.8 Å². The lowest BCUT2D eigenvalue weighted by molar-refractivity contribution is -0.137. The molecule has 1 aliphatic rings. The number of ether oxygens (including phenoxy) is 1. The van der Waals surface area contributed by atoms with Gasteiger partial charge in [-0.15, -0.1) is 0 Å². The smallest absolute Gasteiger partial charge is 0.316 e. The molecule has 0 aromatic carbocycles. The van der Waals surface area contributed by atoms with E-state index in [0.29, 0.717) is 0 Å². The summed E-state index contributed by atoms with van der Waals surface area (Å²) >= 11 is 1.34. The lowest BCUT2D eigenvalue weighted by Crippen LogP contribution is -2.06. The molecule has 0 bridgehead atoms. The van der Waals surface area contributed by atoms with Crippen molar-refractivity contribution >= 4 is 17.7 Å². The molecular weight excluding hydrogens is 288 g/mol. The number of rotatable bonds is 4. The molecule has 3 rings (SSSR count). The van der Waals surface area contributed by atoms with Gasteiger partial charge in [-0.25, -0.2) is 14.6 Å². The molecule has 6 nitrogen and oxygen atoms in total. The lowest BCUT2D eigenvalue weighted by atomic mass is 10.2. The average molecular weight is 304 g/mol. The highest BCUT2D eigenvalue weighted by Crippen LogP contribution is 2.27. The van der Waals surface area contributed by atoms with Crippen molar-refractivity contribution in [3.05, 3.63) is 29.3 Å². The lowest BCUT2D eigenvalue weighted by Gasteiger charge is -2.06. The van der Waals surface area contributed by atoms with Crippen LogP contribution in [0.5, 0.6) is 0 Å². The number of esters is 1. The summed E-state index contributed by atoms with van der Waals surface area (Å²) in [4.78, 5) is 19.7. The Morgan fingerprint density at radius 1 is 1.43 bits per heavy atom. The van der Waals surface area contributed by atoms with Crippen molar-refractivity contribution in [2.24, 2.45) is 0 Å². The molecule has 0 atom stereocenters. The summed E-state index contributed by atoms with van der Waals surface area (Å²) in [6.45, 7) is 2.04. The van der Waals surface area contributed by atoms with Crippen molar-refractivity contribution in [1.82, 2.24) is 19.7 Å². The van der Waals surface area contributed by atoms with E-state index in [9.17, 15) is 4.79 Å². The van der Waals surface area contributed by atoms with E-state index in [1.807, 2.05) is 17.7 Å². The van der Waals surface area contributed by atoms with Crippen molar-refractivity contribution in [3.8, 4) is 5.82 Å². The van der Waals surface area contributed by atoms with Crippen LogP contribution in [0.25, 0.3) is 5.82 Å². The third-order valence-corrected chi connectivity index (χ3v) is 4.44. The maximum atomic E-state index is 11.2. The van der Waals surface area contributed by atoms with Crippen LogP contribution >= 0.6 is 11.8 Å². The average Bonchev–Trinajstić information content (AvgIpc) is 3.09. The van der Waals surface area contributed by atoms with E-state index >= 15 is 0 Å². The van der Waals surface area contributed by atoms with Crippen LogP contribution in [-0.4, -0.2) is 38.6 Å². The molecule has 2 heterocycles. The minimum atomic E-state index is -0.268. The fourth-order valence-corrected chi connectivity index (χ4v) is 3.22. The molecule has 2 aromatic heterocycles. The third-order valence-electron chi connectivity index (χ3n) is 3.54. The van der Waals surface area contributed by atoms with Crippen LogP contribution < -0.4 is 0 Å². The Bertz CT molecular complexity index is 684. The van der Waals surface area contributed by atoms with Crippen LogP contribution in [0, 0.1) is 6.92 Å². The largest absolute Gasteiger partial charge is 0.468 e. The zero-order valence-corrected chi connectivity index (χ0v) is 12.8. The van der Waals surface area contributed by atoms with Crippen molar-refractivity contribution < 1.29 is 9.53 Å². The van der Waals surface area contributed by atoms with Crippen molar-refractivity contribution in [2.45, 2.75) is 31.2 Å². The van der Waals surface area contributed by atoms with Gasteiger partial charge < -0.3 is 4.74 Å². The molecule has 0 spiro atoms. The standard InChI is InChI=1S/C14H16N4O2S/c1-9-10-4-3-5-11(10)18(17-9)12-6-13(16-8-15-12)21-7-14(19)20-2/h6,8H,3-5,7H2,1-2H3. The van der Waals surface area contributed by atoms with Gasteiger partial charge in [0.2, 0.25) is 0 Å².